The summed E-state index contributed by atoms with van der Waals surface area (Å²) in [6.45, 7) is 6.38. The normalized spacial score (nSPS) is 15.2. The van der Waals surface area contributed by atoms with Crippen molar-refractivity contribution < 1.29 is 51.0 Å². The zero-order chi connectivity index (χ0) is 16.6. The monoisotopic (exact) mass is 472 g/mol. The van der Waals surface area contributed by atoms with E-state index in [1.54, 1.807) is 0 Å². The van der Waals surface area contributed by atoms with Gasteiger partial charge in [0.2, 0.25) is 0 Å². The van der Waals surface area contributed by atoms with E-state index in [0.717, 1.165) is 25.7 Å². The van der Waals surface area contributed by atoms with Gasteiger partial charge < -0.3 is 24.8 Å². The van der Waals surface area contributed by atoms with Crippen molar-refractivity contribution in [2.75, 3.05) is 0 Å². The zero-order valence-corrected chi connectivity index (χ0v) is 19.6. The molecule has 1 unspecified atom stereocenters. The predicted octanol–water partition coefficient (Wildman–Crippen LogP) is 0.374. The fourth-order valence-corrected chi connectivity index (χ4v) is 4.39. The average Bonchev–Trinajstić information content (AvgIpc) is 3.27. The Kier molecular flexibility index (Phi) is 9.00. The topological polar surface area (TPSA) is 0 Å². The largest absolute Gasteiger partial charge is 2.00 e. The van der Waals surface area contributed by atoms with Gasteiger partial charge in [-0.25, -0.2) is 0 Å². The van der Waals surface area contributed by atoms with E-state index in [1.165, 1.54) is 33.4 Å². The van der Waals surface area contributed by atoms with Crippen LogP contribution in [0.5, 0.6) is 0 Å². The molecular weight excluding hydrogens is 450 g/mol. The molecule has 27 heavy (non-hydrogen) atoms. The Bertz CT molecular complexity index is 866. The third-order valence-electron chi connectivity index (χ3n) is 5.77. The third kappa shape index (κ3) is 4.26. The van der Waals surface area contributed by atoms with Gasteiger partial charge >= 0.3 is 26.2 Å². The molecule has 0 saturated heterocycles. The Morgan fingerprint density at radius 2 is 1.78 bits per heavy atom. The summed E-state index contributed by atoms with van der Waals surface area (Å²) in [4.78, 5) is 0. The van der Waals surface area contributed by atoms with E-state index < -0.39 is 0 Å². The number of hydrogen-bond acceptors (Lipinski definition) is 0. The van der Waals surface area contributed by atoms with Crippen LogP contribution < -0.4 is 24.8 Å². The number of halogens is 2. The fourth-order valence-electron chi connectivity index (χ4n) is 4.39. The molecule has 0 heterocycles. The Hall–Kier alpha value is -0.877. The maximum Gasteiger partial charge on any atom is 2.00 e. The molecule has 2 aromatic carbocycles. The summed E-state index contributed by atoms with van der Waals surface area (Å²) < 4.78 is 0. The summed E-state index contributed by atoms with van der Waals surface area (Å²) in [7, 11) is 0. The first-order chi connectivity index (χ1) is 11.7. The first kappa shape index (κ1) is 24.2. The SMILES string of the molecule is C=CCCC(C)(C1=CC=CC1)c1cccc2c1Cc1ccccc1-2.[Cl-].[Cl-].[Zr+2]. The molecule has 4 rings (SSSR count). The van der Waals surface area contributed by atoms with Gasteiger partial charge in [-0.05, 0) is 53.5 Å². The van der Waals surface area contributed by atoms with Crippen molar-refractivity contribution in [3.63, 3.8) is 0 Å². The molecule has 2 aromatic rings. The Labute approximate surface area is 194 Å². The molecule has 0 aliphatic heterocycles. The average molecular weight is 475 g/mol. The summed E-state index contributed by atoms with van der Waals surface area (Å²) in [6.07, 6.45) is 13.2. The van der Waals surface area contributed by atoms with Crippen LogP contribution in [-0.2, 0) is 38.0 Å². The summed E-state index contributed by atoms with van der Waals surface area (Å²) in [5.41, 5.74) is 8.97. The van der Waals surface area contributed by atoms with Crippen LogP contribution in [0.4, 0.5) is 0 Å². The summed E-state index contributed by atoms with van der Waals surface area (Å²) >= 11 is 0. The summed E-state index contributed by atoms with van der Waals surface area (Å²) in [5, 5.41) is 0. The molecule has 0 fully saturated rings. The molecule has 0 spiro atoms. The van der Waals surface area contributed by atoms with Crippen molar-refractivity contribution in [1.82, 2.24) is 0 Å². The first-order valence-corrected chi connectivity index (χ1v) is 8.92. The van der Waals surface area contributed by atoms with Gasteiger partial charge in [0.25, 0.3) is 0 Å². The van der Waals surface area contributed by atoms with Gasteiger partial charge in [-0.1, -0.05) is 79.3 Å². The van der Waals surface area contributed by atoms with Crippen LogP contribution in [0.2, 0.25) is 0 Å². The van der Waals surface area contributed by atoms with Gasteiger partial charge in [-0.15, -0.1) is 6.58 Å². The molecule has 0 bridgehead atoms. The minimum atomic E-state index is 0. The van der Waals surface area contributed by atoms with Gasteiger partial charge in [0.05, 0.1) is 0 Å². The molecule has 3 heteroatoms. The second-order valence-electron chi connectivity index (χ2n) is 7.15. The third-order valence-corrected chi connectivity index (χ3v) is 5.77. The predicted molar refractivity (Wildman–Crippen MR) is 103 cm³/mol. The number of allylic oxidation sites excluding steroid dienone is 5. The fraction of sp³-hybridized carbons (Fsp3) is 0.250. The first-order valence-electron chi connectivity index (χ1n) is 8.92. The van der Waals surface area contributed by atoms with Gasteiger partial charge in [0.15, 0.2) is 0 Å². The van der Waals surface area contributed by atoms with Gasteiger partial charge in [0.1, 0.15) is 0 Å². The van der Waals surface area contributed by atoms with Crippen LogP contribution in [0.3, 0.4) is 0 Å². The minimum Gasteiger partial charge on any atom is -1.00 e. The Morgan fingerprint density at radius 1 is 1.04 bits per heavy atom. The molecule has 0 radical (unpaired) electrons. The van der Waals surface area contributed by atoms with Gasteiger partial charge in [-0.3, -0.25) is 0 Å². The number of hydrogen-bond donors (Lipinski definition) is 0. The molecule has 2 aliphatic carbocycles. The number of rotatable bonds is 5. The maximum atomic E-state index is 3.95. The van der Waals surface area contributed by atoms with Crippen molar-refractivity contribution in [3.05, 3.63) is 95.6 Å². The standard InChI is InChI=1S/C24H24.2ClH.Zr/c1-3-4-16-24(2,19-11-6-7-12-19)23-15-9-14-21-20-13-8-5-10-18(20)17-22(21)23;;;/h3,5-11,13-15H,1,4,12,16-17H2,2H3;2*1H;/q;;;+2/p-2. The van der Waals surface area contributed by atoms with Crippen LogP contribution in [0.15, 0.2) is 78.9 Å². The summed E-state index contributed by atoms with van der Waals surface area (Å²) in [6, 6.07) is 15.7. The van der Waals surface area contributed by atoms with Crippen LogP contribution >= 0.6 is 0 Å². The second kappa shape index (κ2) is 10.1. The maximum absolute atomic E-state index is 3.95. The van der Waals surface area contributed by atoms with E-state index in [4.69, 9.17) is 0 Å². The molecule has 0 N–H and O–H groups in total. The summed E-state index contributed by atoms with van der Waals surface area (Å²) in [5.74, 6) is 0. The minimum absolute atomic E-state index is 0. The van der Waals surface area contributed by atoms with Crippen molar-refractivity contribution in [3.8, 4) is 11.1 Å². The van der Waals surface area contributed by atoms with E-state index in [-0.39, 0.29) is 56.4 Å². The molecule has 1 atom stereocenters. The Morgan fingerprint density at radius 3 is 2.48 bits per heavy atom. The van der Waals surface area contributed by atoms with E-state index >= 15 is 0 Å². The van der Waals surface area contributed by atoms with E-state index in [0.29, 0.717) is 0 Å². The molecule has 0 aromatic heterocycles. The Balaban J connectivity index is 0.00000121. The van der Waals surface area contributed by atoms with Crippen molar-refractivity contribution in [2.45, 2.75) is 38.0 Å². The van der Waals surface area contributed by atoms with E-state index in [9.17, 15) is 0 Å². The quantitative estimate of drug-likeness (QED) is 0.469. The number of benzene rings is 2. The molecule has 0 nitrogen and oxygen atoms in total. The van der Waals surface area contributed by atoms with E-state index in [1.807, 2.05) is 0 Å². The van der Waals surface area contributed by atoms with Crippen molar-refractivity contribution in [2.24, 2.45) is 0 Å². The smallest absolute Gasteiger partial charge is 1.00 e. The molecule has 2 aliphatic rings. The number of fused-ring (bicyclic) bond motifs is 3. The second-order valence-corrected chi connectivity index (χ2v) is 7.15. The van der Waals surface area contributed by atoms with Crippen LogP contribution in [0.25, 0.3) is 11.1 Å². The van der Waals surface area contributed by atoms with Crippen LogP contribution in [-0.4, -0.2) is 0 Å². The van der Waals surface area contributed by atoms with Gasteiger partial charge in [-0.2, -0.15) is 0 Å². The van der Waals surface area contributed by atoms with Gasteiger partial charge in [0, 0.05) is 5.41 Å². The van der Waals surface area contributed by atoms with Crippen LogP contribution in [0.1, 0.15) is 42.9 Å². The van der Waals surface area contributed by atoms with Crippen LogP contribution in [0, 0.1) is 0 Å². The molecule has 0 amide bonds. The zero-order valence-electron chi connectivity index (χ0n) is 15.6. The molecular formula is C24H24Cl2Zr. The van der Waals surface area contributed by atoms with Crippen molar-refractivity contribution >= 4 is 0 Å². The molecule has 0 saturated carbocycles. The molecule has 138 valence electrons. The van der Waals surface area contributed by atoms with E-state index in [2.05, 4.69) is 80.3 Å². The van der Waals surface area contributed by atoms with Crippen molar-refractivity contribution in [1.29, 1.82) is 0 Å².